The Hall–Kier alpha value is -0.810. The van der Waals surface area contributed by atoms with Crippen LogP contribution in [0, 0.1) is 0 Å². The van der Waals surface area contributed by atoms with Crippen LogP contribution in [-0.4, -0.2) is 9.97 Å². The third-order valence-electron chi connectivity index (χ3n) is 1.35. The van der Waals surface area contributed by atoms with Crippen LogP contribution < -0.4 is 5.73 Å². The summed E-state index contributed by atoms with van der Waals surface area (Å²) in [4.78, 5) is 7.67. The van der Waals surface area contributed by atoms with Gasteiger partial charge in [-0.25, -0.2) is 4.98 Å². The molecule has 2 heterocycles. The maximum Gasteiger partial charge on any atom is 0.222 e. The second kappa shape index (κ2) is 2.60. The van der Waals surface area contributed by atoms with Crippen molar-refractivity contribution in [2.75, 3.05) is 5.73 Å². The minimum atomic E-state index is 0.134. The first-order valence-corrected chi connectivity index (χ1v) is 4.21. The summed E-state index contributed by atoms with van der Waals surface area (Å²) in [5, 5.41) is 0.225. The van der Waals surface area contributed by atoms with Gasteiger partial charge in [-0.05, 0) is 15.9 Å². The number of furan rings is 1. The predicted molar refractivity (Wildman–Crippen MR) is 48.9 cm³/mol. The highest BCUT2D eigenvalue weighted by Gasteiger charge is 2.10. The Morgan fingerprint density at radius 1 is 1.50 bits per heavy atom. The van der Waals surface area contributed by atoms with Crippen molar-refractivity contribution in [2.24, 2.45) is 0 Å². The van der Waals surface area contributed by atoms with Gasteiger partial charge in [0.2, 0.25) is 5.95 Å². The number of fused-ring (bicyclic) bond motifs is 1. The van der Waals surface area contributed by atoms with E-state index in [0.717, 1.165) is 0 Å². The Bertz CT molecular complexity index is 442. The van der Waals surface area contributed by atoms with Crippen molar-refractivity contribution in [3.8, 4) is 0 Å². The lowest BCUT2D eigenvalue weighted by Crippen LogP contribution is -1.94. The van der Waals surface area contributed by atoms with Crippen LogP contribution in [0.15, 0.2) is 15.2 Å². The van der Waals surface area contributed by atoms with E-state index in [1.165, 1.54) is 6.26 Å². The number of aromatic nitrogens is 2. The van der Waals surface area contributed by atoms with Gasteiger partial charge in [-0.2, -0.15) is 4.98 Å². The van der Waals surface area contributed by atoms with Crippen LogP contribution in [0.1, 0.15) is 0 Å². The monoisotopic (exact) mass is 247 g/mol. The molecule has 2 N–H and O–H groups in total. The fourth-order valence-electron chi connectivity index (χ4n) is 0.872. The van der Waals surface area contributed by atoms with Gasteiger partial charge in [0, 0.05) is 0 Å². The number of halogens is 2. The summed E-state index contributed by atoms with van der Waals surface area (Å²) in [7, 11) is 0. The van der Waals surface area contributed by atoms with E-state index in [9.17, 15) is 0 Å². The molecule has 0 unspecified atom stereocenters. The van der Waals surface area contributed by atoms with Gasteiger partial charge in [0.15, 0.2) is 10.7 Å². The highest BCUT2D eigenvalue weighted by Crippen LogP contribution is 2.28. The molecule has 0 bridgehead atoms. The molecule has 0 atom stereocenters. The zero-order chi connectivity index (χ0) is 8.72. The van der Waals surface area contributed by atoms with E-state index in [2.05, 4.69) is 25.9 Å². The van der Waals surface area contributed by atoms with Gasteiger partial charge in [-0.15, -0.1) is 0 Å². The summed E-state index contributed by atoms with van der Waals surface area (Å²) in [5.74, 6) is 0.134. The second-order valence-corrected chi connectivity index (χ2v) is 3.35. The van der Waals surface area contributed by atoms with E-state index < -0.39 is 0 Å². The van der Waals surface area contributed by atoms with Crippen molar-refractivity contribution in [1.29, 1.82) is 0 Å². The maximum absolute atomic E-state index is 5.73. The summed E-state index contributed by atoms with van der Waals surface area (Å²) < 4.78 is 5.79. The Morgan fingerprint density at radius 2 is 2.25 bits per heavy atom. The van der Waals surface area contributed by atoms with E-state index in [1.807, 2.05) is 0 Å². The molecular formula is C6H3BrClN3O. The van der Waals surface area contributed by atoms with E-state index >= 15 is 0 Å². The van der Waals surface area contributed by atoms with Crippen LogP contribution >= 0.6 is 27.5 Å². The lowest BCUT2D eigenvalue weighted by Gasteiger charge is -1.93. The average molecular weight is 248 g/mol. The molecule has 0 aromatic carbocycles. The van der Waals surface area contributed by atoms with Crippen molar-refractivity contribution < 1.29 is 4.42 Å². The number of nitrogen functional groups attached to an aromatic ring is 1. The number of rotatable bonds is 0. The number of hydrogen-bond acceptors (Lipinski definition) is 4. The van der Waals surface area contributed by atoms with E-state index in [1.54, 1.807) is 0 Å². The molecule has 6 heteroatoms. The number of hydrogen-bond donors (Lipinski definition) is 1. The fourth-order valence-corrected chi connectivity index (χ4v) is 1.45. The van der Waals surface area contributed by atoms with Crippen molar-refractivity contribution in [1.82, 2.24) is 9.97 Å². The van der Waals surface area contributed by atoms with Gasteiger partial charge < -0.3 is 10.2 Å². The predicted octanol–water partition coefficient (Wildman–Crippen LogP) is 2.22. The zero-order valence-electron chi connectivity index (χ0n) is 5.71. The molecule has 0 aliphatic rings. The Morgan fingerprint density at radius 3 is 3.00 bits per heavy atom. The molecule has 0 fully saturated rings. The van der Waals surface area contributed by atoms with Crippen LogP contribution in [-0.2, 0) is 0 Å². The average Bonchev–Trinajstić information content (AvgIpc) is 2.33. The van der Waals surface area contributed by atoms with Gasteiger partial charge >= 0.3 is 0 Å². The summed E-state index contributed by atoms with van der Waals surface area (Å²) in [6.07, 6.45) is 1.49. The van der Waals surface area contributed by atoms with Gasteiger partial charge in [0.05, 0.1) is 4.47 Å². The smallest absolute Gasteiger partial charge is 0.222 e. The van der Waals surface area contributed by atoms with Crippen molar-refractivity contribution in [3.63, 3.8) is 0 Å². The molecule has 2 aromatic heterocycles. The fraction of sp³-hybridized carbons (Fsp3) is 0. The van der Waals surface area contributed by atoms with E-state index in [0.29, 0.717) is 15.6 Å². The minimum absolute atomic E-state index is 0.134. The standard InChI is InChI=1S/C6H3BrClN3O/c7-2-1-12-4-3(2)10-6(9)11-5(4)8/h1H,(H2,9,10,11). The first kappa shape index (κ1) is 7.82. The van der Waals surface area contributed by atoms with Gasteiger partial charge in [-0.1, -0.05) is 11.6 Å². The summed E-state index contributed by atoms with van der Waals surface area (Å²) in [6.45, 7) is 0. The molecule has 0 aliphatic heterocycles. The number of nitrogens with zero attached hydrogens (tertiary/aromatic N) is 2. The molecular weight excluding hydrogens is 245 g/mol. The van der Waals surface area contributed by atoms with Crippen molar-refractivity contribution in [2.45, 2.75) is 0 Å². The lowest BCUT2D eigenvalue weighted by atomic mass is 10.5. The van der Waals surface area contributed by atoms with Crippen LogP contribution in [0.25, 0.3) is 11.1 Å². The van der Waals surface area contributed by atoms with Crippen LogP contribution in [0.5, 0.6) is 0 Å². The summed E-state index contributed by atoms with van der Waals surface area (Å²) in [5.41, 5.74) is 6.42. The number of nitrogens with two attached hydrogens (primary N) is 1. The third-order valence-corrected chi connectivity index (χ3v) is 2.17. The summed E-state index contributed by atoms with van der Waals surface area (Å²) in [6, 6.07) is 0. The van der Waals surface area contributed by atoms with Crippen LogP contribution in [0.3, 0.4) is 0 Å². The van der Waals surface area contributed by atoms with E-state index in [4.69, 9.17) is 21.8 Å². The topological polar surface area (TPSA) is 64.9 Å². The van der Waals surface area contributed by atoms with E-state index in [-0.39, 0.29) is 11.1 Å². The first-order valence-electron chi connectivity index (χ1n) is 3.04. The zero-order valence-corrected chi connectivity index (χ0v) is 8.06. The van der Waals surface area contributed by atoms with Crippen LogP contribution in [0.2, 0.25) is 5.15 Å². The van der Waals surface area contributed by atoms with Crippen molar-refractivity contribution in [3.05, 3.63) is 15.9 Å². The molecule has 12 heavy (non-hydrogen) atoms. The second-order valence-electron chi connectivity index (χ2n) is 2.13. The molecule has 2 aromatic rings. The normalized spacial score (nSPS) is 10.8. The molecule has 0 amide bonds. The summed E-state index contributed by atoms with van der Waals surface area (Å²) >= 11 is 8.97. The largest absolute Gasteiger partial charge is 0.458 e. The molecule has 4 nitrogen and oxygen atoms in total. The highest BCUT2D eigenvalue weighted by atomic mass is 79.9. The molecule has 0 spiro atoms. The van der Waals surface area contributed by atoms with Crippen LogP contribution in [0.4, 0.5) is 5.95 Å². The Labute approximate surface area is 80.9 Å². The highest BCUT2D eigenvalue weighted by molar-refractivity contribution is 9.10. The lowest BCUT2D eigenvalue weighted by molar-refractivity contribution is 0.612. The SMILES string of the molecule is Nc1nc(Cl)c2occ(Br)c2n1. The Kier molecular flexibility index (Phi) is 1.69. The maximum atomic E-state index is 5.73. The molecule has 0 radical (unpaired) electrons. The van der Waals surface area contributed by atoms with Crippen molar-refractivity contribution >= 4 is 44.6 Å². The van der Waals surface area contributed by atoms with Gasteiger partial charge in [0.25, 0.3) is 0 Å². The minimum Gasteiger partial charge on any atom is -0.458 e. The molecule has 0 aliphatic carbocycles. The molecule has 0 saturated heterocycles. The third kappa shape index (κ3) is 1.05. The van der Waals surface area contributed by atoms with Gasteiger partial charge in [-0.3, -0.25) is 0 Å². The Balaban J connectivity index is 2.92. The van der Waals surface area contributed by atoms with Gasteiger partial charge in [0.1, 0.15) is 11.8 Å². The molecule has 62 valence electrons. The number of anilines is 1. The molecule has 0 saturated carbocycles. The first-order chi connectivity index (χ1) is 5.68. The quantitative estimate of drug-likeness (QED) is 0.726. The molecule has 2 rings (SSSR count).